The van der Waals surface area contributed by atoms with Gasteiger partial charge in [0.05, 0.1) is 11.9 Å². The van der Waals surface area contributed by atoms with Gasteiger partial charge in [-0.1, -0.05) is 6.07 Å². The van der Waals surface area contributed by atoms with Gasteiger partial charge in [-0.15, -0.1) is 11.3 Å². The highest BCUT2D eigenvalue weighted by atomic mass is 32.1. The van der Waals surface area contributed by atoms with Gasteiger partial charge >= 0.3 is 0 Å². The SMILES string of the molecule is C(=N\Nc1c2c(nc3ncnn13)CCC2)/c1cccs1. The summed E-state index contributed by atoms with van der Waals surface area (Å²) >= 11 is 1.65. The van der Waals surface area contributed by atoms with Crippen LogP contribution in [0.1, 0.15) is 22.6 Å². The van der Waals surface area contributed by atoms with Gasteiger partial charge in [0, 0.05) is 10.4 Å². The summed E-state index contributed by atoms with van der Waals surface area (Å²) in [4.78, 5) is 9.81. The number of hydrazone groups is 1. The van der Waals surface area contributed by atoms with Gasteiger partial charge in [0.2, 0.25) is 0 Å². The zero-order valence-corrected chi connectivity index (χ0v) is 11.5. The van der Waals surface area contributed by atoms with Gasteiger partial charge in [0.25, 0.3) is 5.78 Å². The molecule has 0 spiro atoms. The summed E-state index contributed by atoms with van der Waals surface area (Å²) in [6.45, 7) is 0. The molecule has 7 heteroatoms. The topological polar surface area (TPSA) is 67.5 Å². The van der Waals surface area contributed by atoms with Crippen LogP contribution in [-0.4, -0.2) is 25.8 Å². The highest BCUT2D eigenvalue weighted by Crippen LogP contribution is 2.27. The van der Waals surface area contributed by atoms with E-state index in [2.05, 4.69) is 25.6 Å². The minimum atomic E-state index is 0.625. The fourth-order valence-corrected chi connectivity index (χ4v) is 3.05. The lowest BCUT2D eigenvalue weighted by Crippen LogP contribution is -2.06. The number of hydrogen-bond acceptors (Lipinski definition) is 6. The Balaban J connectivity index is 1.73. The van der Waals surface area contributed by atoms with Crippen molar-refractivity contribution in [2.24, 2.45) is 5.10 Å². The molecule has 100 valence electrons. The maximum absolute atomic E-state index is 4.53. The maximum atomic E-state index is 4.53. The Morgan fingerprint density at radius 3 is 3.30 bits per heavy atom. The number of aromatic nitrogens is 4. The molecule has 0 aromatic carbocycles. The molecule has 0 radical (unpaired) electrons. The lowest BCUT2D eigenvalue weighted by Gasteiger charge is -2.08. The molecule has 3 heterocycles. The van der Waals surface area contributed by atoms with Crippen molar-refractivity contribution in [3.05, 3.63) is 40.0 Å². The van der Waals surface area contributed by atoms with Crippen LogP contribution in [0.15, 0.2) is 28.9 Å². The van der Waals surface area contributed by atoms with Crippen LogP contribution < -0.4 is 5.43 Å². The van der Waals surface area contributed by atoms with E-state index >= 15 is 0 Å². The highest BCUT2D eigenvalue weighted by Gasteiger charge is 2.20. The Hall–Kier alpha value is -2.28. The molecule has 0 saturated carbocycles. The Bertz CT molecular complexity index is 774. The summed E-state index contributed by atoms with van der Waals surface area (Å²) in [5.74, 6) is 1.51. The van der Waals surface area contributed by atoms with Crippen LogP contribution >= 0.6 is 11.3 Å². The summed E-state index contributed by atoms with van der Waals surface area (Å²) in [7, 11) is 0. The molecule has 0 aliphatic heterocycles. The fourth-order valence-electron chi connectivity index (χ4n) is 2.46. The second-order valence-electron chi connectivity index (χ2n) is 4.60. The molecule has 0 atom stereocenters. The number of anilines is 1. The number of hydrogen-bond donors (Lipinski definition) is 1. The largest absolute Gasteiger partial charge is 0.261 e. The van der Waals surface area contributed by atoms with Crippen LogP contribution in [0, 0.1) is 0 Å². The summed E-state index contributed by atoms with van der Waals surface area (Å²) in [5.41, 5.74) is 5.42. The first-order valence-corrected chi connectivity index (χ1v) is 7.34. The van der Waals surface area contributed by atoms with Crippen molar-refractivity contribution in [2.75, 3.05) is 5.43 Å². The summed E-state index contributed by atoms with van der Waals surface area (Å²) in [6, 6.07) is 4.03. The van der Waals surface area contributed by atoms with Crippen molar-refractivity contribution in [1.29, 1.82) is 0 Å². The van der Waals surface area contributed by atoms with Gasteiger partial charge in [-0.2, -0.15) is 19.7 Å². The fraction of sp³-hybridized carbons (Fsp3) is 0.231. The third-order valence-corrected chi connectivity index (χ3v) is 4.16. The lowest BCUT2D eigenvalue weighted by molar-refractivity contribution is 0.900. The zero-order chi connectivity index (χ0) is 13.4. The number of thiophene rings is 1. The number of aryl methyl sites for hydroxylation is 1. The average molecular weight is 284 g/mol. The van der Waals surface area contributed by atoms with E-state index < -0.39 is 0 Å². The first kappa shape index (κ1) is 11.5. The van der Waals surface area contributed by atoms with Crippen molar-refractivity contribution < 1.29 is 0 Å². The maximum Gasteiger partial charge on any atom is 0.254 e. The predicted octanol–water partition coefficient (Wildman–Crippen LogP) is 2.12. The molecule has 3 aromatic rings. The van der Waals surface area contributed by atoms with Gasteiger partial charge in [0.15, 0.2) is 5.82 Å². The van der Waals surface area contributed by atoms with Gasteiger partial charge in [-0.25, -0.2) is 4.98 Å². The van der Waals surface area contributed by atoms with E-state index in [0.29, 0.717) is 5.78 Å². The molecule has 0 bridgehead atoms. The summed E-state index contributed by atoms with van der Waals surface area (Å²) in [5, 5.41) is 10.6. The molecular weight excluding hydrogens is 272 g/mol. The Morgan fingerprint density at radius 2 is 2.40 bits per heavy atom. The minimum absolute atomic E-state index is 0.625. The summed E-state index contributed by atoms with van der Waals surface area (Å²) in [6.07, 6.45) is 6.47. The molecular formula is C13H12N6S. The van der Waals surface area contributed by atoms with E-state index in [1.165, 1.54) is 11.9 Å². The van der Waals surface area contributed by atoms with Crippen LogP contribution in [0.5, 0.6) is 0 Å². The van der Waals surface area contributed by atoms with Crippen molar-refractivity contribution in [3.63, 3.8) is 0 Å². The van der Waals surface area contributed by atoms with Gasteiger partial charge in [0.1, 0.15) is 6.33 Å². The van der Waals surface area contributed by atoms with E-state index in [4.69, 9.17) is 0 Å². The van der Waals surface area contributed by atoms with Gasteiger partial charge in [-0.3, -0.25) is 5.43 Å². The third kappa shape index (κ3) is 1.87. The van der Waals surface area contributed by atoms with Gasteiger partial charge < -0.3 is 0 Å². The molecule has 1 N–H and O–H groups in total. The molecule has 3 aromatic heterocycles. The third-order valence-electron chi connectivity index (χ3n) is 3.36. The first-order chi connectivity index (χ1) is 9.92. The van der Waals surface area contributed by atoms with Crippen molar-refractivity contribution in [2.45, 2.75) is 19.3 Å². The van der Waals surface area contributed by atoms with E-state index in [-0.39, 0.29) is 0 Å². The van der Waals surface area contributed by atoms with Crippen molar-refractivity contribution >= 4 is 29.1 Å². The monoisotopic (exact) mass is 284 g/mol. The number of rotatable bonds is 3. The van der Waals surface area contributed by atoms with E-state index in [1.807, 2.05) is 23.7 Å². The number of fused-ring (bicyclic) bond motifs is 2. The lowest BCUT2D eigenvalue weighted by atomic mass is 10.2. The van der Waals surface area contributed by atoms with E-state index in [0.717, 1.165) is 35.7 Å². The van der Waals surface area contributed by atoms with Crippen molar-refractivity contribution in [3.8, 4) is 0 Å². The standard InChI is InChI=1S/C13H12N6S/c1-4-10-11(5-1)17-13-14-8-16-19(13)12(10)18-15-7-9-3-2-6-20-9/h2-3,6-8,18H,1,4-5H2/b15-7+. The molecule has 0 unspecified atom stereocenters. The molecule has 0 fully saturated rings. The quantitative estimate of drug-likeness (QED) is 0.591. The van der Waals surface area contributed by atoms with E-state index in [1.54, 1.807) is 15.9 Å². The van der Waals surface area contributed by atoms with Crippen LogP contribution in [0.3, 0.4) is 0 Å². The van der Waals surface area contributed by atoms with Crippen LogP contribution in [0.25, 0.3) is 5.78 Å². The predicted molar refractivity (Wildman–Crippen MR) is 78.3 cm³/mol. The molecule has 4 rings (SSSR count). The molecule has 20 heavy (non-hydrogen) atoms. The van der Waals surface area contributed by atoms with Gasteiger partial charge in [-0.05, 0) is 30.7 Å². The van der Waals surface area contributed by atoms with Crippen LogP contribution in [0.2, 0.25) is 0 Å². The Kier molecular flexibility index (Phi) is 2.70. The second kappa shape index (κ2) is 4.68. The summed E-state index contributed by atoms with van der Waals surface area (Å²) < 4.78 is 1.72. The van der Waals surface area contributed by atoms with Crippen LogP contribution in [0.4, 0.5) is 5.82 Å². The highest BCUT2D eigenvalue weighted by molar-refractivity contribution is 7.11. The first-order valence-electron chi connectivity index (χ1n) is 6.46. The molecule has 6 nitrogen and oxygen atoms in total. The second-order valence-corrected chi connectivity index (χ2v) is 5.58. The average Bonchev–Trinajstić information content (AvgIpc) is 3.18. The molecule has 0 saturated heterocycles. The number of nitrogens with one attached hydrogen (secondary N) is 1. The zero-order valence-electron chi connectivity index (χ0n) is 10.7. The Labute approximate surface area is 119 Å². The smallest absolute Gasteiger partial charge is 0.254 e. The minimum Gasteiger partial charge on any atom is -0.261 e. The van der Waals surface area contributed by atoms with Crippen LogP contribution in [-0.2, 0) is 12.8 Å². The normalized spacial score (nSPS) is 14.2. The molecule has 1 aliphatic carbocycles. The van der Waals surface area contributed by atoms with Crippen molar-refractivity contribution in [1.82, 2.24) is 19.6 Å². The Morgan fingerprint density at radius 1 is 1.40 bits per heavy atom. The van der Waals surface area contributed by atoms with E-state index in [9.17, 15) is 0 Å². The number of nitrogens with zero attached hydrogens (tertiary/aromatic N) is 5. The molecule has 0 amide bonds. The molecule has 1 aliphatic rings.